The van der Waals surface area contributed by atoms with Crippen LogP contribution in [0.4, 0.5) is 0 Å². The molecule has 6 nitrogen and oxygen atoms in total. The van der Waals surface area contributed by atoms with Crippen LogP contribution in [0.15, 0.2) is 75.8 Å². The Morgan fingerprint density at radius 1 is 0.815 bits per heavy atom. The summed E-state index contributed by atoms with van der Waals surface area (Å²) in [5.74, 6) is 1.44. The van der Waals surface area contributed by atoms with Crippen LogP contribution in [-0.4, -0.2) is 20.3 Å². The standard InChI is InChI=1S/C21H14N4O2/c1-13-18(19(25-27-13)14-7-3-2-4-8-14)21-24-23-20(26-21)16-11-12-22-17-10-6-5-9-15(16)17/h2-12H,1H3. The first-order valence-electron chi connectivity index (χ1n) is 8.51. The van der Waals surface area contributed by atoms with Crippen LogP contribution >= 0.6 is 0 Å². The third-order valence-corrected chi connectivity index (χ3v) is 4.43. The summed E-state index contributed by atoms with van der Waals surface area (Å²) >= 11 is 0. The minimum absolute atomic E-state index is 0.378. The van der Waals surface area contributed by atoms with Crippen LogP contribution in [0.2, 0.25) is 0 Å². The highest BCUT2D eigenvalue weighted by Crippen LogP contribution is 2.35. The van der Waals surface area contributed by atoms with Gasteiger partial charge in [-0.25, -0.2) is 0 Å². The first kappa shape index (κ1) is 15.5. The fraction of sp³-hybridized carbons (Fsp3) is 0.0476. The molecule has 130 valence electrons. The Hall–Kier alpha value is -3.80. The van der Waals surface area contributed by atoms with Gasteiger partial charge in [0.1, 0.15) is 17.0 Å². The molecule has 6 heteroatoms. The molecule has 27 heavy (non-hydrogen) atoms. The molecule has 0 aliphatic rings. The third-order valence-electron chi connectivity index (χ3n) is 4.43. The Kier molecular flexibility index (Phi) is 3.53. The number of hydrogen-bond acceptors (Lipinski definition) is 6. The van der Waals surface area contributed by atoms with Crippen molar-refractivity contribution in [3.63, 3.8) is 0 Å². The Balaban J connectivity index is 1.64. The average Bonchev–Trinajstić information content (AvgIpc) is 3.35. The lowest BCUT2D eigenvalue weighted by Gasteiger charge is -2.01. The van der Waals surface area contributed by atoms with E-state index in [4.69, 9.17) is 8.94 Å². The number of nitrogens with zero attached hydrogens (tertiary/aromatic N) is 4. The minimum atomic E-state index is 0.378. The highest BCUT2D eigenvalue weighted by molar-refractivity contribution is 5.92. The van der Waals surface area contributed by atoms with Crippen molar-refractivity contribution >= 4 is 10.9 Å². The maximum atomic E-state index is 6.02. The van der Waals surface area contributed by atoms with Crippen molar-refractivity contribution in [2.24, 2.45) is 0 Å². The highest BCUT2D eigenvalue weighted by atomic mass is 16.5. The molecule has 3 heterocycles. The predicted molar refractivity (Wildman–Crippen MR) is 101 cm³/mol. The van der Waals surface area contributed by atoms with Gasteiger partial charge in [-0.2, -0.15) is 0 Å². The fourth-order valence-electron chi connectivity index (χ4n) is 3.13. The monoisotopic (exact) mass is 354 g/mol. The van der Waals surface area contributed by atoms with E-state index in [9.17, 15) is 0 Å². The normalized spacial score (nSPS) is 11.1. The summed E-state index contributed by atoms with van der Waals surface area (Å²) in [5.41, 5.74) is 4.04. The Bertz CT molecular complexity index is 1240. The SMILES string of the molecule is Cc1onc(-c2ccccc2)c1-c1nnc(-c2ccnc3ccccc23)o1. The lowest BCUT2D eigenvalue weighted by atomic mass is 10.1. The molecule has 0 N–H and O–H groups in total. The molecule has 0 spiro atoms. The molecule has 5 aromatic rings. The maximum Gasteiger partial charge on any atom is 0.254 e. The third kappa shape index (κ3) is 2.58. The molecule has 3 aromatic heterocycles. The van der Waals surface area contributed by atoms with E-state index in [0.29, 0.717) is 28.8 Å². The average molecular weight is 354 g/mol. The molecule has 0 saturated heterocycles. The van der Waals surface area contributed by atoms with E-state index in [1.54, 1.807) is 6.20 Å². The van der Waals surface area contributed by atoms with Crippen LogP contribution in [-0.2, 0) is 0 Å². The molecular formula is C21H14N4O2. The molecule has 0 bridgehead atoms. The summed E-state index contributed by atoms with van der Waals surface area (Å²) < 4.78 is 11.4. The zero-order chi connectivity index (χ0) is 18.2. The van der Waals surface area contributed by atoms with Gasteiger partial charge in [-0.3, -0.25) is 4.98 Å². The molecule has 0 amide bonds. The number of aryl methyl sites for hydroxylation is 1. The van der Waals surface area contributed by atoms with Crippen molar-refractivity contribution in [2.45, 2.75) is 6.92 Å². The number of pyridine rings is 1. The van der Waals surface area contributed by atoms with Gasteiger partial charge in [0.05, 0.1) is 5.52 Å². The zero-order valence-corrected chi connectivity index (χ0v) is 14.5. The van der Waals surface area contributed by atoms with Gasteiger partial charge in [0.25, 0.3) is 5.89 Å². The van der Waals surface area contributed by atoms with E-state index in [1.807, 2.05) is 67.6 Å². The van der Waals surface area contributed by atoms with Gasteiger partial charge in [0, 0.05) is 22.7 Å². The summed E-state index contributed by atoms with van der Waals surface area (Å²) in [6.07, 6.45) is 1.74. The van der Waals surface area contributed by atoms with Crippen LogP contribution in [0.5, 0.6) is 0 Å². The summed E-state index contributed by atoms with van der Waals surface area (Å²) in [5, 5.41) is 13.6. The number of para-hydroxylation sites is 1. The molecule has 0 unspecified atom stereocenters. The second-order valence-corrected chi connectivity index (χ2v) is 6.12. The topological polar surface area (TPSA) is 77.8 Å². The summed E-state index contributed by atoms with van der Waals surface area (Å²) in [4.78, 5) is 4.38. The molecule has 0 fully saturated rings. The van der Waals surface area contributed by atoms with E-state index in [1.165, 1.54) is 0 Å². The summed E-state index contributed by atoms with van der Waals surface area (Å²) in [6, 6.07) is 19.5. The molecule has 0 aliphatic carbocycles. The smallest absolute Gasteiger partial charge is 0.254 e. The van der Waals surface area contributed by atoms with E-state index < -0.39 is 0 Å². The molecule has 0 saturated carbocycles. The van der Waals surface area contributed by atoms with E-state index in [2.05, 4.69) is 20.3 Å². The Labute approximate surface area is 154 Å². The van der Waals surface area contributed by atoms with Gasteiger partial charge in [0.15, 0.2) is 0 Å². The maximum absolute atomic E-state index is 6.02. The van der Waals surface area contributed by atoms with Crippen molar-refractivity contribution < 1.29 is 8.94 Å². The number of benzene rings is 2. The lowest BCUT2D eigenvalue weighted by Crippen LogP contribution is -1.84. The van der Waals surface area contributed by atoms with Gasteiger partial charge in [-0.1, -0.05) is 53.7 Å². The molecule has 2 aromatic carbocycles. The van der Waals surface area contributed by atoms with Crippen molar-refractivity contribution in [1.29, 1.82) is 0 Å². The molecule has 5 rings (SSSR count). The van der Waals surface area contributed by atoms with Crippen molar-refractivity contribution in [3.8, 4) is 34.2 Å². The van der Waals surface area contributed by atoms with E-state index >= 15 is 0 Å². The summed E-state index contributed by atoms with van der Waals surface area (Å²) in [6.45, 7) is 1.83. The molecular weight excluding hydrogens is 340 g/mol. The largest absolute Gasteiger partial charge is 0.416 e. The van der Waals surface area contributed by atoms with Gasteiger partial charge < -0.3 is 8.94 Å². The fourth-order valence-corrected chi connectivity index (χ4v) is 3.13. The zero-order valence-electron chi connectivity index (χ0n) is 14.5. The predicted octanol–water partition coefficient (Wildman–Crippen LogP) is 4.92. The molecule has 0 radical (unpaired) electrons. The number of rotatable bonds is 3. The van der Waals surface area contributed by atoms with Gasteiger partial charge in [-0.15, -0.1) is 10.2 Å². The second kappa shape index (κ2) is 6.17. The van der Waals surface area contributed by atoms with Crippen LogP contribution in [0.25, 0.3) is 45.1 Å². The van der Waals surface area contributed by atoms with E-state index in [0.717, 1.165) is 22.0 Å². The highest BCUT2D eigenvalue weighted by Gasteiger charge is 2.22. The quantitative estimate of drug-likeness (QED) is 0.458. The van der Waals surface area contributed by atoms with E-state index in [-0.39, 0.29) is 0 Å². The lowest BCUT2D eigenvalue weighted by molar-refractivity contribution is 0.399. The first-order valence-corrected chi connectivity index (χ1v) is 8.51. The van der Waals surface area contributed by atoms with Crippen LogP contribution in [0.1, 0.15) is 5.76 Å². The van der Waals surface area contributed by atoms with Gasteiger partial charge >= 0.3 is 0 Å². The van der Waals surface area contributed by atoms with Crippen molar-refractivity contribution in [1.82, 2.24) is 20.3 Å². The molecule has 0 atom stereocenters. The number of hydrogen-bond donors (Lipinski definition) is 0. The van der Waals surface area contributed by atoms with Gasteiger partial charge in [0.2, 0.25) is 5.89 Å². The van der Waals surface area contributed by atoms with Crippen molar-refractivity contribution in [2.75, 3.05) is 0 Å². The van der Waals surface area contributed by atoms with Crippen LogP contribution in [0, 0.1) is 6.92 Å². The van der Waals surface area contributed by atoms with Crippen molar-refractivity contribution in [3.05, 3.63) is 72.6 Å². The Morgan fingerprint density at radius 2 is 1.59 bits per heavy atom. The van der Waals surface area contributed by atoms with Crippen LogP contribution in [0.3, 0.4) is 0 Å². The minimum Gasteiger partial charge on any atom is -0.416 e. The Morgan fingerprint density at radius 3 is 2.48 bits per heavy atom. The summed E-state index contributed by atoms with van der Waals surface area (Å²) in [7, 11) is 0. The van der Waals surface area contributed by atoms with Gasteiger partial charge in [-0.05, 0) is 19.1 Å². The first-order chi connectivity index (χ1) is 13.3. The number of aromatic nitrogens is 4. The number of fused-ring (bicyclic) bond motifs is 1. The van der Waals surface area contributed by atoms with Crippen LogP contribution < -0.4 is 0 Å². The molecule has 0 aliphatic heterocycles. The second-order valence-electron chi connectivity index (χ2n) is 6.12.